The second-order valence-corrected chi connectivity index (χ2v) is 6.79. The van der Waals surface area contributed by atoms with E-state index in [1.807, 2.05) is 12.1 Å². The van der Waals surface area contributed by atoms with E-state index in [9.17, 15) is 4.57 Å². The highest BCUT2D eigenvalue weighted by molar-refractivity contribution is 7.54. The average molecular weight is 272 g/mol. The summed E-state index contributed by atoms with van der Waals surface area (Å²) in [5.74, 6) is 0. The molecule has 0 aromatic carbocycles. The summed E-state index contributed by atoms with van der Waals surface area (Å²) in [6, 6.07) is 3.98. The van der Waals surface area contributed by atoms with Crippen molar-refractivity contribution >= 4 is 7.60 Å². The lowest BCUT2D eigenvalue weighted by Gasteiger charge is -2.28. The van der Waals surface area contributed by atoms with E-state index in [0.717, 1.165) is 0 Å². The standard InChI is InChI=1S/C12H21N2O3P/c1-10(2)16-18(15,17-11(3)4)12(7-9-14)6-5-8-13/h10-12H,5-7H2,1-4H3. The largest absolute Gasteiger partial charge is 0.335 e. The Bertz CT molecular complexity index is 354. The first-order valence-corrected chi connectivity index (χ1v) is 7.67. The minimum absolute atomic E-state index is 0.0679. The SMILES string of the molecule is CC(C)OP(=O)(OC(C)C)C(CC#N)CCC#N. The highest BCUT2D eigenvalue weighted by atomic mass is 31.2. The molecule has 0 aromatic heterocycles. The van der Waals surface area contributed by atoms with Crippen LogP contribution in [0.5, 0.6) is 0 Å². The van der Waals surface area contributed by atoms with Crippen molar-refractivity contribution in [2.45, 2.75) is 64.8 Å². The predicted molar refractivity (Wildman–Crippen MR) is 68.9 cm³/mol. The molecule has 18 heavy (non-hydrogen) atoms. The molecule has 0 bridgehead atoms. The summed E-state index contributed by atoms with van der Waals surface area (Å²) in [5, 5.41) is 17.4. The van der Waals surface area contributed by atoms with E-state index >= 15 is 0 Å². The van der Waals surface area contributed by atoms with E-state index in [4.69, 9.17) is 19.6 Å². The minimum Gasteiger partial charge on any atom is -0.306 e. The van der Waals surface area contributed by atoms with E-state index in [0.29, 0.717) is 6.42 Å². The zero-order chi connectivity index (χ0) is 14.2. The maximum absolute atomic E-state index is 12.7. The smallest absolute Gasteiger partial charge is 0.306 e. The van der Waals surface area contributed by atoms with Gasteiger partial charge in [0, 0.05) is 12.8 Å². The fraction of sp³-hybridized carbons (Fsp3) is 0.833. The molecule has 0 radical (unpaired) electrons. The Hall–Kier alpha value is -0.870. The maximum atomic E-state index is 12.7. The number of hydrogen-bond donors (Lipinski definition) is 0. The summed E-state index contributed by atoms with van der Waals surface area (Å²) in [7, 11) is -3.36. The van der Waals surface area contributed by atoms with E-state index in [1.165, 1.54) is 0 Å². The lowest BCUT2D eigenvalue weighted by Crippen LogP contribution is -2.18. The van der Waals surface area contributed by atoms with Crippen LogP contribution in [0.4, 0.5) is 0 Å². The van der Waals surface area contributed by atoms with Crippen LogP contribution in [0.2, 0.25) is 0 Å². The lowest BCUT2D eigenvalue weighted by molar-refractivity contribution is 0.136. The van der Waals surface area contributed by atoms with Gasteiger partial charge >= 0.3 is 7.60 Å². The fourth-order valence-corrected chi connectivity index (χ4v) is 3.81. The minimum atomic E-state index is -3.36. The number of hydrogen-bond acceptors (Lipinski definition) is 5. The molecule has 0 saturated heterocycles. The first-order valence-electron chi connectivity index (χ1n) is 6.06. The molecule has 0 saturated carbocycles. The van der Waals surface area contributed by atoms with Gasteiger partial charge in [0.1, 0.15) is 0 Å². The first kappa shape index (κ1) is 17.1. The molecular formula is C12H21N2O3P. The van der Waals surface area contributed by atoms with Gasteiger partial charge in [-0.2, -0.15) is 10.5 Å². The molecule has 0 N–H and O–H groups in total. The Morgan fingerprint density at radius 2 is 1.56 bits per heavy atom. The van der Waals surface area contributed by atoms with Crippen LogP contribution >= 0.6 is 7.60 Å². The summed E-state index contributed by atoms with van der Waals surface area (Å²) in [5.41, 5.74) is -0.535. The van der Waals surface area contributed by atoms with Crippen molar-refractivity contribution in [3.05, 3.63) is 0 Å². The molecule has 0 aromatic rings. The van der Waals surface area contributed by atoms with Crippen LogP contribution < -0.4 is 0 Å². The first-order chi connectivity index (χ1) is 8.35. The number of nitrogens with zero attached hydrogens (tertiary/aromatic N) is 2. The van der Waals surface area contributed by atoms with Gasteiger partial charge in [-0.3, -0.25) is 4.57 Å². The Kier molecular flexibility index (Phi) is 7.87. The Balaban J connectivity index is 5.03. The Labute approximate surface area is 109 Å². The van der Waals surface area contributed by atoms with Gasteiger partial charge in [0.15, 0.2) is 0 Å². The lowest BCUT2D eigenvalue weighted by atomic mass is 10.2. The molecule has 0 fully saturated rings. The van der Waals surface area contributed by atoms with Crippen LogP contribution in [0.3, 0.4) is 0 Å². The van der Waals surface area contributed by atoms with E-state index < -0.39 is 13.3 Å². The molecule has 0 spiro atoms. The predicted octanol–water partition coefficient (Wildman–Crippen LogP) is 3.62. The summed E-state index contributed by atoms with van der Waals surface area (Å²) < 4.78 is 23.6. The Morgan fingerprint density at radius 3 is 1.89 bits per heavy atom. The van der Waals surface area contributed by atoms with Crippen LogP contribution in [0, 0.1) is 22.7 Å². The summed E-state index contributed by atoms with van der Waals surface area (Å²) in [6.45, 7) is 7.07. The Morgan fingerprint density at radius 1 is 1.06 bits per heavy atom. The third-order valence-electron chi connectivity index (χ3n) is 2.08. The third kappa shape index (κ3) is 6.17. The monoisotopic (exact) mass is 272 g/mol. The van der Waals surface area contributed by atoms with Gasteiger partial charge in [-0.25, -0.2) is 0 Å². The molecule has 1 unspecified atom stereocenters. The second-order valence-electron chi connectivity index (χ2n) is 4.56. The molecule has 0 heterocycles. The van der Waals surface area contributed by atoms with Crippen molar-refractivity contribution in [1.29, 1.82) is 10.5 Å². The van der Waals surface area contributed by atoms with Crippen LogP contribution in [0.1, 0.15) is 47.0 Å². The maximum Gasteiger partial charge on any atom is 0.335 e. The number of rotatable bonds is 8. The van der Waals surface area contributed by atoms with Crippen LogP contribution in [-0.4, -0.2) is 17.9 Å². The van der Waals surface area contributed by atoms with Crippen LogP contribution in [0.25, 0.3) is 0 Å². The molecule has 0 amide bonds. The van der Waals surface area contributed by atoms with Gasteiger partial charge in [0.05, 0.1) is 30.0 Å². The quantitative estimate of drug-likeness (QED) is 0.630. The average Bonchev–Trinajstić information content (AvgIpc) is 2.21. The van der Waals surface area contributed by atoms with Gasteiger partial charge < -0.3 is 9.05 Å². The molecule has 102 valence electrons. The van der Waals surface area contributed by atoms with E-state index in [-0.39, 0.29) is 25.0 Å². The normalized spacial score (nSPS) is 13.3. The highest BCUT2D eigenvalue weighted by Gasteiger charge is 2.37. The van der Waals surface area contributed by atoms with Gasteiger partial charge in [-0.05, 0) is 34.1 Å². The van der Waals surface area contributed by atoms with Crippen molar-refractivity contribution in [2.75, 3.05) is 0 Å². The molecule has 1 atom stereocenters. The molecule has 0 aliphatic heterocycles. The van der Waals surface area contributed by atoms with Crippen molar-refractivity contribution in [3.63, 3.8) is 0 Å². The molecule has 0 aliphatic carbocycles. The van der Waals surface area contributed by atoms with Gasteiger partial charge in [-0.1, -0.05) is 0 Å². The third-order valence-corrected chi connectivity index (χ3v) is 4.85. The summed E-state index contributed by atoms with van der Waals surface area (Å²) in [6.07, 6.45) is 0.147. The molecule has 0 aliphatic rings. The zero-order valence-electron chi connectivity index (χ0n) is 11.4. The van der Waals surface area contributed by atoms with Crippen LogP contribution in [0.15, 0.2) is 0 Å². The zero-order valence-corrected chi connectivity index (χ0v) is 12.3. The fourth-order valence-electron chi connectivity index (χ4n) is 1.49. The molecular weight excluding hydrogens is 251 g/mol. The second kappa shape index (κ2) is 8.27. The van der Waals surface area contributed by atoms with Crippen molar-refractivity contribution in [1.82, 2.24) is 0 Å². The highest BCUT2D eigenvalue weighted by Crippen LogP contribution is 2.57. The van der Waals surface area contributed by atoms with Gasteiger partial charge in [0.2, 0.25) is 0 Å². The van der Waals surface area contributed by atoms with Gasteiger partial charge in [0.25, 0.3) is 0 Å². The van der Waals surface area contributed by atoms with Crippen molar-refractivity contribution in [2.24, 2.45) is 0 Å². The van der Waals surface area contributed by atoms with Crippen molar-refractivity contribution in [3.8, 4) is 12.1 Å². The van der Waals surface area contributed by atoms with Gasteiger partial charge in [-0.15, -0.1) is 0 Å². The number of nitriles is 2. The summed E-state index contributed by atoms with van der Waals surface area (Å²) >= 11 is 0. The summed E-state index contributed by atoms with van der Waals surface area (Å²) in [4.78, 5) is 0. The van der Waals surface area contributed by atoms with Crippen LogP contribution in [-0.2, 0) is 13.6 Å². The van der Waals surface area contributed by atoms with E-state index in [1.54, 1.807) is 27.7 Å². The molecule has 6 heteroatoms. The molecule has 5 nitrogen and oxygen atoms in total. The van der Waals surface area contributed by atoms with Crippen molar-refractivity contribution < 1.29 is 13.6 Å². The topological polar surface area (TPSA) is 83.1 Å². The van der Waals surface area contributed by atoms with E-state index in [2.05, 4.69) is 0 Å². The molecule has 0 rings (SSSR count).